The number of carbonyl (C=O) groups is 1. The third-order valence-corrected chi connectivity index (χ3v) is 11.5. The number of carbonyl (C=O) groups excluding carboxylic acids is 1. The highest BCUT2D eigenvalue weighted by Gasteiger charge is 2.48. The van der Waals surface area contributed by atoms with Crippen molar-refractivity contribution < 1.29 is 26.1 Å². The highest BCUT2D eigenvalue weighted by Crippen LogP contribution is 2.42. The summed E-state index contributed by atoms with van der Waals surface area (Å²) in [6, 6.07) is 7.88. The van der Waals surface area contributed by atoms with E-state index in [4.69, 9.17) is 15.7 Å². The highest BCUT2D eigenvalue weighted by atomic mass is 35.5. The number of fused-ring (bicyclic) bond motifs is 2. The largest absolute Gasteiger partial charge is 0.355 e. The number of thiophene rings is 1. The Balaban J connectivity index is 1.21. The average Bonchev–Trinajstić information content (AvgIpc) is 3.56. The number of alkyl halides is 2. The van der Waals surface area contributed by atoms with Crippen molar-refractivity contribution in [1.82, 2.24) is 29.1 Å². The van der Waals surface area contributed by atoms with E-state index in [2.05, 4.69) is 26.8 Å². The van der Waals surface area contributed by atoms with Crippen molar-refractivity contribution in [3.63, 3.8) is 0 Å². The van der Waals surface area contributed by atoms with Gasteiger partial charge in [0.15, 0.2) is 0 Å². The lowest BCUT2D eigenvalue weighted by molar-refractivity contribution is -0.127. The molecule has 0 atom stereocenters. The van der Waals surface area contributed by atoms with Gasteiger partial charge in [-0.25, -0.2) is 31.9 Å². The van der Waals surface area contributed by atoms with Crippen LogP contribution in [0.3, 0.4) is 0 Å². The van der Waals surface area contributed by atoms with Gasteiger partial charge in [-0.1, -0.05) is 23.4 Å². The third kappa shape index (κ3) is 7.27. The summed E-state index contributed by atoms with van der Waals surface area (Å²) in [6.45, 7) is -0.510. The Morgan fingerprint density at radius 1 is 1.22 bits per heavy atom. The summed E-state index contributed by atoms with van der Waals surface area (Å²) in [5.74, 6) is 2.68. The number of aromatic nitrogens is 4. The number of hydrogen-bond acceptors (Lipinski definition) is 11. The highest BCUT2D eigenvalue weighted by molar-refractivity contribution is 7.89. The first-order valence-electron chi connectivity index (χ1n) is 18.2. The van der Waals surface area contributed by atoms with Crippen molar-refractivity contribution in [2.45, 2.75) is 57.2 Å². The fourth-order valence-corrected chi connectivity index (χ4v) is 8.60. The quantitative estimate of drug-likeness (QED) is 0.214. The van der Waals surface area contributed by atoms with Crippen LogP contribution >= 0.6 is 22.9 Å². The summed E-state index contributed by atoms with van der Waals surface area (Å²) in [5.41, 5.74) is 1.33. The van der Waals surface area contributed by atoms with Crippen molar-refractivity contribution in [2.24, 2.45) is 0 Å². The lowest BCUT2D eigenvalue weighted by Crippen LogP contribution is -2.55. The Morgan fingerprint density at radius 3 is 2.67 bits per heavy atom. The molecule has 1 aliphatic heterocycles. The lowest BCUT2D eigenvalue weighted by Gasteiger charge is -2.46. The molecule has 5 heterocycles. The van der Waals surface area contributed by atoms with E-state index < -0.39 is 40.4 Å². The Hall–Kier alpha value is -5.00. The molecule has 7 rings (SSSR count). The van der Waals surface area contributed by atoms with Crippen LogP contribution in [0.25, 0.3) is 32.2 Å². The van der Waals surface area contributed by atoms with Crippen LogP contribution < -0.4 is 15.2 Å². The zero-order valence-corrected chi connectivity index (χ0v) is 31.2. The van der Waals surface area contributed by atoms with E-state index >= 15 is 0 Å². The Kier molecular flexibility index (Phi) is 8.91. The molecule has 278 valence electrons. The summed E-state index contributed by atoms with van der Waals surface area (Å²) in [4.78, 5) is 43.1. The number of sulfonamides is 1. The van der Waals surface area contributed by atoms with Crippen molar-refractivity contribution >= 4 is 65.8 Å². The van der Waals surface area contributed by atoms with Crippen molar-refractivity contribution in [1.29, 1.82) is 5.26 Å². The van der Waals surface area contributed by atoms with E-state index in [-0.39, 0.29) is 64.6 Å². The molecule has 2 fully saturated rings. The van der Waals surface area contributed by atoms with Gasteiger partial charge in [-0.3, -0.25) is 24.0 Å². The lowest BCUT2D eigenvalue weighted by atomic mass is 9.85. The molecule has 0 unspecified atom stereocenters. The normalized spacial score (nSPS) is 17.4. The van der Waals surface area contributed by atoms with Gasteiger partial charge in [-0.15, -0.1) is 11.3 Å². The summed E-state index contributed by atoms with van der Waals surface area (Å²) in [7, 11) is -3.82. The standard InChI is InChI=1S/C37H33ClF2N8O4S2/c1-21-44-30-19-43-34(46(2)24-9-13-47(14-10-24)25-16-37(39,40)17-25)28(18-41)31(30)36(50)48(21)12-4-5-22-6-7-23(38)15-27(22)26-8-11-42-32-29(20-53-33(26)32)35(49)45-54(3,51)52/h6-8,11,15,19-20,24-25H,9-10,12-14,16-17H2,1-3H3,(H,45,49)/i2D3. The predicted octanol–water partition coefficient (Wildman–Crippen LogP) is 5.34. The minimum Gasteiger partial charge on any atom is -0.355 e. The second kappa shape index (κ2) is 14.3. The number of hydrogen-bond donors (Lipinski definition) is 1. The number of aryl methyl sites for hydroxylation is 1. The van der Waals surface area contributed by atoms with Crippen LogP contribution in [0, 0.1) is 30.1 Å². The number of piperidine rings is 1. The van der Waals surface area contributed by atoms with E-state index in [1.165, 1.54) is 33.7 Å². The molecule has 5 aromatic rings. The van der Waals surface area contributed by atoms with Crippen molar-refractivity contribution in [3.8, 4) is 29.0 Å². The Bertz CT molecular complexity index is 2730. The van der Waals surface area contributed by atoms with Gasteiger partial charge in [-0.05, 0) is 44.0 Å². The van der Waals surface area contributed by atoms with Crippen LogP contribution in [-0.2, 0) is 16.6 Å². The third-order valence-electron chi connectivity index (χ3n) is 9.67. The maximum absolute atomic E-state index is 14.2. The van der Waals surface area contributed by atoms with Gasteiger partial charge in [0.05, 0.1) is 45.7 Å². The van der Waals surface area contributed by atoms with Gasteiger partial charge >= 0.3 is 0 Å². The molecular weight excluding hydrogens is 758 g/mol. The zero-order valence-electron chi connectivity index (χ0n) is 31.9. The molecule has 1 saturated carbocycles. The van der Waals surface area contributed by atoms with Gasteiger partial charge in [0.25, 0.3) is 17.4 Å². The molecule has 0 spiro atoms. The number of anilines is 1. The number of nitriles is 1. The molecule has 2 aliphatic rings. The van der Waals surface area contributed by atoms with E-state index in [1.807, 2.05) is 15.7 Å². The SMILES string of the molecule is [2H]C([2H])([2H])N(c1ncc2nc(C)n(CC#Cc3ccc(Cl)cc3-c3ccnc4c(C(=O)NS(C)(=O)=O)csc34)c(=O)c2c1C#N)C1CCN(C2CC(F)(F)C2)CC1. The van der Waals surface area contributed by atoms with Crippen molar-refractivity contribution in [2.75, 3.05) is 31.2 Å². The average molecular weight is 794 g/mol. The fraction of sp³-hybridized carbons (Fsp3) is 0.351. The molecule has 1 aliphatic carbocycles. The molecule has 0 bridgehead atoms. The maximum atomic E-state index is 14.2. The number of rotatable bonds is 7. The maximum Gasteiger partial charge on any atom is 0.267 e. The number of benzene rings is 1. The van der Waals surface area contributed by atoms with E-state index in [9.17, 15) is 32.0 Å². The molecule has 0 radical (unpaired) electrons. The van der Waals surface area contributed by atoms with Crippen LogP contribution in [-0.4, -0.2) is 83.1 Å². The molecule has 1 saturated heterocycles. The van der Waals surface area contributed by atoms with Gasteiger partial charge < -0.3 is 4.90 Å². The molecular formula is C37H33ClF2N8O4S2. The first-order chi connectivity index (χ1) is 26.8. The van der Waals surface area contributed by atoms with Crippen LogP contribution in [0.2, 0.25) is 5.02 Å². The summed E-state index contributed by atoms with van der Waals surface area (Å²) in [5, 5.41) is 12.2. The minimum atomic E-state index is -3.82. The first-order valence-corrected chi connectivity index (χ1v) is 19.9. The molecule has 12 nitrogen and oxygen atoms in total. The molecule has 1 N–H and O–H groups in total. The molecule has 4 aromatic heterocycles. The molecule has 1 aromatic carbocycles. The Morgan fingerprint density at radius 2 is 1.98 bits per heavy atom. The number of nitrogens with zero attached hydrogens (tertiary/aromatic N) is 7. The second-order valence-electron chi connectivity index (χ2n) is 13.3. The van der Waals surface area contributed by atoms with Gasteiger partial charge in [0.1, 0.15) is 23.3 Å². The number of amides is 1. The van der Waals surface area contributed by atoms with Crippen LogP contribution in [0.1, 0.15) is 57.1 Å². The summed E-state index contributed by atoms with van der Waals surface area (Å²) >= 11 is 7.60. The minimum absolute atomic E-state index is 0.0803. The van der Waals surface area contributed by atoms with E-state index in [1.54, 1.807) is 31.2 Å². The van der Waals surface area contributed by atoms with Crippen LogP contribution in [0.15, 0.2) is 46.8 Å². The summed E-state index contributed by atoms with van der Waals surface area (Å²) < 4.78 is 79.5. The van der Waals surface area contributed by atoms with Gasteiger partial charge in [0, 0.05) is 82.4 Å². The monoisotopic (exact) mass is 793 g/mol. The molecule has 54 heavy (non-hydrogen) atoms. The fourth-order valence-electron chi connectivity index (χ4n) is 6.95. The van der Waals surface area contributed by atoms with Gasteiger partial charge in [0.2, 0.25) is 10.0 Å². The van der Waals surface area contributed by atoms with E-state index in [0.717, 1.165) is 11.2 Å². The van der Waals surface area contributed by atoms with Crippen LogP contribution in [0.5, 0.6) is 0 Å². The Labute approximate surface area is 322 Å². The number of pyridine rings is 2. The van der Waals surface area contributed by atoms with Crippen molar-refractivity contribution in [3.05, 3.63) is 79.9 Å². The molecule has 1 amide bonds. The van der Waals surface area contributed by atoms with E-state index in [0.29, 0.717) is 52.3 Å². The predicted molar refractivity (Wildman–Crippen MR) is 203 cm³/mol. The summed E-state index contributed by atoms with van der Waals surface area (Å²) in [6.07, 6.45) is 3.85. The number of likely N-dealkylation sites (tertiary alicyclic amines) is 1. The molecule has 17 heteroatoms. The first kappa shape index (κ1) is 33.6. The van der Waals surface area contributed by atoms with Crippen LogP contribution in [0.4, 0.5) is 14.6 Å². The second-order valence-corrected chi connectivity index (χ2v) is 16.4. The van der Waals surface area contributed by atoms with Gasteiger partial charge in [-0.2, -0.15) is 5.26 Å². The zero-order chi connectivity index (χ0) is 41.0. The number of halogens is 3. The topological polar surface area (TPSA) is 154 Å². The smallest absolute Gasteiger partial charge is 0.267 e. The number of nitrogens with one attached hydrogen (secondary N) is 1.